The van der Waals surface area contributed by atoms with Crippen LogP contribution < -0.4 is 15.8 Å². The molecule has 1 saturated heterocycles. The highest BCUT2D eigenvalue weighted by Crippen LogP contribution is 2.22. The molecule has 164 valence electrons. The lowest BCUT2D eigenvalue weighted by Gasteiger charge is -2.26. The van der Waals surface area contributed by atoms with Crippen molar-refractivity contribution in [3.63, 3.8) is 0 Å². The van der Waals surface area contributed by atoms with Crippen molar-refractivity contribution in [2.75, 3.05) is 51.8 Å². The SMILES string of the molecule is CN(Cc1cccc(OCCN2CCOCC2)c1)C(=O)C1=NC(N)Nc2ccccc21. The zero-order valence-electron chi connectivity index (χ0n) is 17.8. The van der Waals surface area contributed by atoms with Crippen molar-refractivity contribution in [1.29, 1.82) is 0 Å². The maximum Gasteiger partial charge on any atom is 0.272 e. The Hall–Kier alpha value is -2.94. The van der Waals surface area contributed by atoms with Crippen LogP contribution in [-0.2, 0) is 16.1 Å². The summed E-state index contributed by atoms with van der Waals surface area (Å²) < 4.78 is 11.3. The minimum Gasteiger partial charge on any atom is -0.492 e. The van der Waals surface area contributed by atoms with Crippen LogP contribution in [0.3, 0.4) is 0 Å². The van der Waals surface area contributed by atoms with Gasteiger partial charge >= 0.3 is 0 Å². The Bertz CT molecular complexity index is 942. The lowest BCUT2D eigenvalue weighted by Crippen LogP contribution is -2.40. The van der Waals surface area contributed by atoms with Crippen molar-refractivity contribution >= 4 is 17.3 Å². The Balaban J connectivity index is 1.36. The number of morpholine rings is 1. The van der Waals surface area contributed by atoms with Gasteiger partial charge in [0.05, 0.1) is 13.2 Å². The smallest absolute Gasteiger partial charge is 0.272 e. The van der Waals surface area contributed by atoms with Crippen molar-refractivity contribution in [2.45, 2.75) is 12.8 Å². The molecule has 8 nitrogen and oxygen atoms in total. The number of hydrogen-bond acceptors (Lipinski definition) is 7. The molecule has 2 aliphatic rings. The average Bonchev–Trinajstić information content (AvgIpc) is 2.79. The molecule has 0 bridgehead atoms. The van der Waals surface area contributed by atoms with Gasteiger partial charge in [-0.25, -0.2) is 4.99 Å². The molecule has 4 rings (SSSR count). The molecule has 0 radical (unpaired) electrons. The third-order valence-corrected chi connectivity index (χ3v) is 5.40. The monoisotopic (exact) mass is 423 g/mol. The number of aliphatic imine (C=N–C) groups is 1. The number of ether oxygens (including phenoxy) is 2. The molecule has 1 fully saturated rings. The van der Waals surface area contributed by atoms with Gasteiger partial charge in [0, 0.05) is 44.5 Å². The highest BCUT2D eigenvalue weighted by molar-refractivity contribution is 6.46. The first-order valence-electron chi connectivity index (χ1n) is 10.6. The summed E-state index contributed by atoms with van der Waals surface area (Å²) in [5.41, 5.74) is 8.91. The van der Waals surface area contributed by atoms with E-state index in [9.17, 15) is 4.79 Å². The molecule has 0 aliphatic carbocycles. The maximum absolute atomic E-state index is 13.1. The predicted molar refractivity (Wildman–Crippen MR) is 120 cm³/mol. The number of carbonyl (C=O) groups is 1. The molecule has 0 spiro atoms. The van der Waals surface area contributed by atoms with E-state index in [1.54, 1.807) is 11.9 Å². The first-order valence-corrected chi connectivity index (χ1v) is 10.6. The Morgan fingerprint density at radius 1 is 1.26 bits per heavy atom. The molecule has 2 aromatic carbocycles. The number of hydrogen-bond donors (Lipinski definition) is 2. The standard InChI is InChI=1S/C23H29N5O3/c1-27(22(29)21-19-7-2-3-8-20(19)25-23(24)26-21)16-17-5-4-6-18(15-17)31-14-11-28-9-12-30-13-10-28/h2-8,15,23,25H,9-14,16,24H2,1H3. The third kappa shape index (κ3) is 5.41. The van der Waals surface area contributed by atoms with Crippen LogP contribution in [0.2, 0.25) is 0 Å². The van der Waals surface area contributed by atoms with E-state index in [2.05, 4.69) is 15.2 Å². The van der Waals surface area contributed by atoms with E-state index < -0.39 is 6.29 Å². The van der Waals surface area contributed by atoms with Crippen molar-refractivity contribution in [3.05, 3.63) is 59.7 Å². The molecule has 31 heavy (non-hydrogen) atoms. The third-order valence-electron chi connectivity index (χ3n) is 5.40. The summed E-state index contributed by atoms with van der Waals surface area (Å²) in [6.07, 6.45) is -0.634. The molecule has 1 unspecified atom stereocenters. The van der Waals surface area contributed by atoms with Crippen molar-refractivity contribution in [1.82, 2.24) is 9.80 Å². The van der Waals surface area contributed by atoms with E-state index in [1.165, 1.54) is 0 Å². The summed E-state index contributed by atoms with van der Waals surface area (Å²) in [4.78, 5) is 21.4. The van der Waals surface area contributed by atoms with Gasteiger partial charge in [-0.2, -0.15) is 0 Å². The zero-order valence-corrected chi connectivity index (χ0v) is 17.8. The number of anilines is 1. The number of fused-ring (bicyclic) bond motifs is 1. The summed E-state index contributed by atoms with van der Waals surface area (Å²) in [6.45, 7) is 5.41. The fourth-order valence-electron chi connectivity index (χ4n) is 3.76. The van der Waals surface area contributed by atoms with Gasteiger partial charge in [-0.05, 0) is 23.8 Å². The molecule has 1 atom stereocenters. The van der Waals surface area contributed by atoms with Gasteiger partial charge in [0.1, 0.15) is 18.1 Å². The van der Waals surface area contributed by atoms with Crippen LogP contribution in [0.25, 0.3) is 0 Å². The van der Waals surface area contributed by atoms with Crippen LogP contribution >= 0.6 is 0 Å². The molecule has 1 amide bonds. The predicted octanol–water partition coefficient (Wildman–Crippen LogP) is 1.51. The number of carbonyl (C=O) groups excluding carboxylic acids is 1. The van der Waals surface area contributed by atoms with Gasteiger partial charge in [0.15, 0.2) is 6.29 Å². The largest absolute Gasteiger partial charge is 0.492 e. The van der Waals surface area contributed by atoms with Crippen LogP contribution in [0.4, 0.5) is 5.69 Å². The number of nitrogens with one attached hydrogen (secondary N) is 1. The average molecular weight is 424 g/mol. The molecule has 2 aromatic rings. The van der Waals surface area contributed by atoms with E-state index in [0.29, 0.717) is 18.9 Å². The topological polar surface area (TPSA) is 92.4 Å². The fraction of sp³-hybridized carbons (Fsp3) is 0.391. The minimum atomic E-state index is -0.634. The van der Waals surface area contributed by atoms with Crippen LogP contribution in [0.5, 0.6) is 5.75 Å². The second-order valence-electron chi connectivity index (χ2n) is 7.72. The highest BCUT2D eigenvalue weighted by Gasteiger charge is 2.25. The van der Waals surface area contributed by atoms with Gasteiger partial charge in [0.25, 0.3) is 5.91 Å². The molecule has 2 aliphatic heterocycles. The van der Waals surface area contributed by atoms with Gasteiger partial charge in [-0.3, -0.25) is 15.4 Å². The number of likely N-dealkylation sites (N-methyl/N-ethyl adjacent to an activating group) is 1. The second kappa shape index (κ2) is 9.91. The number of amides is 1. The number of nitrogens with two attached hydrogens (primary N) is 1. The fourth-order valence-corrected chi connectivity index (χ4v) is 3.76. The number of rotatable bonds is 7. The van der Waals surface area contributed by atoms with Crippen LogP contribution in [0, 0.1) is 0 Å². The quantitative estimate of drug-likeness (QED) is 0.702. The van der Waals surface area contributed by atoms with Gasteiger partial charge in [-0.15, -0.1) is 0 Å². The summed E-state index contributed by atoms with van der Waals surface area (Å²) in [5.74, 6) is 0.640. The number of nitrogens with zero attached hydrogens (tertiary/aromatic N) is 3. The molecule has 0 aromatic heterocycles. The lowest BCUT2D eigenvalue weighted by molar-refractivity contribution is -0.123. The van der Waals surface area contributed by atoms with E-state index in [4.69, 9.17) is 15.2 Å². The molecule has 2 heterocycles. The molecule has 0 saturated carbocycles. The van der Waals surface area contributed by atoms with Crippen molar-refractivity contribution < 1.29 is 14.3 Å². The summed E-state index contributed by atoms with van der Waals surface area (Å²) in [5, 5.41) is 3.08. The van der Waals surface area contributed by atoms with Gasteiger partial charge in [-0.1, -0.05) is 30.3 Å². The Kier molecular flexibility index (Phi) is 6.81. The molecular weight excluding hydrogens is 394 g/mol. The first kappa shape index (κ1) is 21.3. The number of para-hydroxylation sites is 1. The van der Waals surface area contributed by atoms with Crippen molar-refractivity contribution in [2.24, 2.45) is 10.7 Å². The van der Waals surface area contributed by atoms with Crippen LogP contribution in [0.15, 0.2) is 53.5 Å². The molecule has 8 heteroatoms. The lowest BCUT2D eigenvalue weighted by atomic mass is 10.0. The summed E-state index contributed by atoms with van der Waals surface area (Å²) in [7, 11) is 1.77. The zero-order chi connectivity index (χ0) is 21.6. The maximum atomic E-state index is 13.1. The number of benzene rings is 2. The summed E-state index contributed by atoms with van der Waals surface area (Å²) in [6, 6.07) is 15.4. The first-order chi connectivity index (χ1) is 15.1. The normalized spacial score (nSPS) is 18.5. The van der Waals surface area contributed by atoms with E-state index in [0.717, 1.165) is 55.4 Å². The van der Waals surface area contributed by atoms with E-state index in [1.807, 2.05) is 48.5 Å². The Morgan fingerprint density at radius 3 is 2.90 bits per heavy atom. The minimum absolute atomic E-state index is 0.164. The summed E-state index contributed by atoms with van der Waals surface area (Å²) >= 11 is 0. The van der Waals surface area contributed by atoms with E-state index in [-0.39, 0.29) is 5.91 Å². The second-order valence-corrected chi connectivity index (χ2v) is 7.72. The highest BCUT2D eigenvalue weighted by atomic mass is 16.5. The Labute approximate surface area is 182 Å². The van der Waals surface area contributed by atoms with Gasteiger partial charge in [0.2, 0.25) is 0 Å². The van der Waals surface area contributed by atoms with Crippen LogP contribution in [0.1, 0.15) is 11.1 Å². The van der Waals surface area contributed by atoms with Gasteiger partial charge < -0.3 is 19.7 Å². The van der Waals surface area contributed by atoms with Crippen molar-refractivity contribution in [3.8, 4) is 5.75 Å². The van der Waals surface area contributed by atoms with E-state index >= 15 is 0 Å². The Morgan fingerprint density at radius 2 is 2.06 bits per heavy atom. The van der Waals surface area contributed by atoms with Crippen LogP contribution in [-0.4, -0.2) is 74.2 Å². The molecular formula is C23H29N5O3. The molecule has 3 N–H and O–H groups in total.